The number of hydrogen-bond donors (Lipinski definition) is 2. The number of carbonyl (C=O) groups excluding carboxylic acids is 1. The molecule has 1 aromatic heterocycles. The van der Waals surface area contributed by atoms with Gasteiger partial charge in [0.25, 0.3) is 5.91 Å². The maximum absolute atomic E-state index is 14.0. The first-order valence-electron chi connectivity index (χ1n) is 14.1. The van der Waals surface area contributed by atoms with E-state index >= 15 is 0 Å². The summed E-state index contributed by atoms with van der Waals surface area (Å²) in [6, 6.07) is 11.3. The van der Waals surface area contributed by atoms with Crippen molar-refractivity contribution in [2.24, 2.45) is 0 Å². The van der Waals surface area contributed by atoms with Gasteiger partial charge in [-0.3, -0.25) is 9.69 Å². The lowest BCUT2D eigenvalue weighted by Gasteiger charge is -2.34. The third-order valence-electron chi connectivity index (χ3n) is 7.78. The summed E-state index contributed by atoms with van der Waals surface area (Å²) in [6.45, 7) is 9.32. The number of halogens is 3. The molecule has 0 atom stereocenters. The molecule has 5 rings (SSSR count). The molecule has 0 radical (unpaired) electrons. The van der Waals surface area contributed by atoms with E-state index in [4.69, 9.17) is 0 Å². The van der Waals surface area contributed by atoms with Crippen LogP contribution < -0.4 is 10.6 Å². The molecule has 0 saturated carbocycles. The Hall–Kier alpha value is -3.87. The number of rotatable bonds is 6. The summed E-state index contributed by atoms with van der Waals surface area (Å²) in [5.74, 6) is 5.93. The number of aromatic nitrogens is 1. The maximum atomic E-state index is 14.0. The Labute approximate surface area is 239 Å². The molecule has 3 aromatic rings. The molecule has 2 aliphatic rings. The number of pyridine rings is 1. The molecule has 9 heteroatoms. The Morgan fingerprint density at radius 3 is 2.54 bits per heavy atom. The SMILES string of the molecule is CCc1c(C#Cc2ccnc(NC(=O)c3ccc(CN4CCN(CC)CC4)c(C(F)(F)F)c3)c2)ccc2c1NCC2. The molecule has 6 nitrogen and oxygen atoms in total. The molecule has 2 N–H and O–H groups in total. The largest absolute Gasteiger partial charge is 0.416 e. The zero-order valence-electron chi connectivity index (χ0n) is 23.4. The number of nitrogens with one attached hydrogen (secondary N) is 2. The lowest BCUT2D eigenvalue weighted by molar-refractivity contribution is -0.138. The van der Waals surface area contributed by atoms with Gasteiger partial charge in [0.2, 0.25) is 0 Å². The Balaban J connectivity index is 1.31. The summed E-state index contributed by atoms with van der Waals surface area (Å²) in [7, 11) is 0. The van der Waals surface area contributed by atoms with Gasteiger partial charge in [-0.2, -0.15) is 13.2 Å². The van der Waals surface area contributed by atoms with Crippen LogP contribution in [-0.2, 0) is 25.6 Å². The number of piperazine rings is 1. The average Bonchev–Trinajstić information content (AvgIpc) is 3.45. The number of likely N-dealkylation sites (N-methyl/N-ethyl adjacent to an activating group) is 1. The van der Waals surface area contributed by atoms with E-state index in [0.717, 1.165) is 50.7 Å². The summed E-state index contributed by atoms with van der Waals surface area (Å²) >= 11 is 0. The van der Waals surface area contributed by atoms with Crippen LogP contribution in [0.2, 0.25) is 0 Å². The van der Waals surface area contributed by atoms with Gasteiger partial charge in [-0.15, -0.1) is 0 Å². The van der Waals surface area contributed by atoms with Gasteiger partial charge in [0.05, 0.1) is 5.56 Å². The number of benzene rings is 2. The summed E-state index contributed by atoms with van der Waals surface area (Å²) < 4.78 is 42.0. The standard InChI is InChI=1S/C32H34F3N5O/c1-3-27-23(7-8-24-12-14-37-30(24)27)6-5-22-11-13-36-29(19-22)38-31(41)25-9-10-26(28(20-25)32(33,34)35)21-40-17-15-39(4-2)16-18-40/h7-11,13,19-20,37H,3-4,12,14-18,21H2,1-2H3,(H,36,38,41). The van der Waals surface area contributed by atoms with E-state index in [1.54, 1.807) is 12.1 Å². The monoisotopic (exact) mass is 561 g/mol. The first kappa shape index (κ1) is 28.7. The van der Waals surface area contributed by atoms with Crippen molar-refractivity contribution in [2.75, 3.05) is 49.9 Å². The number of nitrogens with zero attached hydrogens (tertiary/aromatic N) is 3. The van der Waals surface area contributed by atoms with E-state index in [2.05, 4.69) is 52.3 Å². The number of anilines is 2. The van der Waals surface area contributed by atoms with Crippen molar-refractivity contribution in [3.63, 3.8) is 0 Å². The van der Waals surface area contributed by atoms with E-state index in [9.17, 15) is 18.0 Å². The smallest absolute Gasteiger partial charge is 0.384 e. The van der Waals surface area contributed by atoms with Gasteiger partial charge >= 0.3 is 6.18 Å². The summed E-state index contributed by atoms with van der Waals surface area (Å²) in [5, 5.41) is 6.08. The maximum Gasteiger partial charge on any atom is 0.416 e. The molecule has 0 bridgehead atoms. The Morgan fingerprint density at radius 2 is 1.80 bits per heavy atom. The van der Waals surface area contributed by atoms with Gasteiger partial charge < -0.3 is 15.5 Å². The number of carbonyl (C=O) groups is 1. The number of amides is 1. The second-order valence-corrected chi connectivity index (χ2v) is 10.4. The number of hydrogen-bond acceptors (Lipinski definition) is 5. The highest BCUT2D eigenvalue weighted by Gasteiger charge is 2.34. The van der Waals surface area contributed by atoms with E-state index in [-0.39, 0.29) is 23.5 Å². The molecule has 41 heavy (non-hydrogen) atoms. The van der Waals surface area contributed by atoms with Crippen LogP contribution in [0.3, 0.4) is 0 Å². The van der Waals surface area contributed by atoms with Gasteiger partial charge in [0, 0.05) is 67.8 Å². The number of fused-ring (bicyclic) bond motifs is 1. The highest BCUT2D eigenvalue weighted by atomic mass is 19.4. The number of alkyl halides is 3. The minimum atomic E-state index is -4.57. The summed E-state index contributed by atoms with van der Waals surface area (Å²) in [5.41, 5.74) is 4.54. The molecule has 1 fully saturated rings. The molecule has 0 unspecified atom stereocenters. The average molecular weight is 562 g/mol. The predicted octanol–water partition coefficient (Wildman–Crippen LogP) is 5.42. The van der Waals surface area contributed by atoms with Crippen molar-refractivity contribution in [1.29, 1.82) is 0 Å². The molecule has 3 heterocycles. The van der Waals surface area contributed by atoms with Crippen LogP contribution >= 0.6 is 0 Å². The van der Waals surface area contributed by atoms with Crippen LogP contribution in [0.1, 0.15) is 57.6 Å². The van der Waals surface area contributed by atoms with E-state index in [1.165, 1.54) is 35.1 Å². The van der Waals surface area contributed by atoms with Crippen LogP contribution in [0.15, 0.2) is 48.7 Å². The lowest BCUT2D eigenvalue weighted by Crippen LogP contribution is -2.45. The fourth-order valence-corrected chi connectivity index (χ4v) is 5.46. The second kappa shape index (κ2) is 12.3. The molecule has 214 valence electrons. The van der Waals surface area contributed by atoms with Crippen molar-refractivity contribution in [3.05, 3.63) is 87.6 Å². The minimum Gasteiger partial charge on any atom is -0.384 e. The predicted molar refractivity (Wildman–Crippen MR) is 155 cm³/mol. The zero-order chi connectivity index (χ0) is 29.0. The van der Waals surface area contributed by atoms with Crippen molar-refractivity contribution in [3.8, 4) is 11.8 Å². The lowest BCUT2D eigenvalue weighted by atomic mass is 9.99. The fourth-order valence-electron chi connectivity index (χ4n) is 5.46. The third kappa shape index (κ3) is 6.72. The highest BCUT2D eigenvalue weighted by molar-refractivity contribution is 6.04. The van der Waals surface area contributed by atoms with Crippen LogP contribution in [0, 0.1) is 11.8 Å². The normalized spacial score (nSPS) is 15.5. The van der Waals surface area contributed by atoms with Gasteiger partial charge in [-0.1, -0.05) is 37.8 Å². The van der Waals surface area contributed by atoms with Crippen LogP contribution in [-0.4, -0.2) is 60.0 Å². The minimum absolute atomic E-state index is 0.0756. The molecule has 2 aliphatic heterocycles. The molecule has 1 amide bonds. The van der Waals surface area contributed by atoms with Crippen LogP contribution in [0.5, 0.6) is 0 Å². The molecule has 2 aromatic carbocycles. The van der Waals surface area contributed by atoms with Gasteiger partial charge in [0.15, 0.2) is 0 Å². The van der Waals surface area contributed by atoms with E-state index in [0.29, 0.717) is 18.7 Å². The quantitative estimate of drug-likeness (QED) is 0.394. The first-order chi connectivity index (χ1) is 19.7. The molecule has 0 aliphatic carbocycles. The topological polar surface area (TPSA) is 60.5 Å². The molecule has 0 spiro atoms. The Bertz CT molecular complexity index is 1480. The van der Waals surface area contributed by atoms with Gasteiger partial charge in [-0.25, -0.2) is 4.98 Å². The second-order valence-electron chi connectivity index (χ2n) is 10.4. The van der Waals surface area contributed by atoms with Crippen molar-refractivity contribution < 1.29 is 18.0 Å². The molecular weight excluding hydrogens is 527 g/mol. The van der Waals surface area contributed by atoms with Crippen LogP contribution in [0.4, 0.5) is 24.7 Å². The van der Waals surface area contributed by atoms with Gasteiger partial charge in [0.1, 0.15) is 5.82 Å². The first-order valence-corrected chi connectivity index (χ1v) is 14.1. The van der Waals surface area contributed by atoms with Crippen molar-refractivity contribution in [1.82, 2.24) is 14.8 Å². The molecule has 1 saturated heterocycles. The van der Waals surface area contributed by atoms with Crippen molar-refractivity contribution >= 4 is 17.4 Å². The highest BCUT2D eigenvalue weighted by Crippen LogP contribution is 2.34. The Kier molecular flexibility index (Phi) is 8.62. The fraction of sp³-hybridized carbons (Fsp3) is 0.375. The zero-order valence-corrected chi connectivity index (χ0v) is 23.4. The third-order valence-corrected chi connectivity index (χ3v) is 7.78. The van der Waals surface area contributed by atoms with Crippen LogP contribution in [0.25, 0.3) is 0 Å². The Morgan fingerprint density at radius 1 is 1.02 bits per heavy atom. The molecular formula is C32H34F3N5O. The summed E-state index contributed by atoms with van der Waals surface area (Å²) in [4.78, 5) is 21.4. The van der Waals surface area contributed by atoms with Crippen molar-refractivity contribution in [2.45, 2.75) is 39.4 Å². The van der Waals surface area contributed by atoms with E-state index in [1.807, 2.05) is 11.0 Å². The van der Waals surface area contributed by atoms with Gasteiger partial charge in [-0.05, 0) is 66.4 Å². The summed E-state index contributed by atoms with van der Waals surface area (Å²) in [6.07, 6.45) is -1.19. The van der Waals surface area contributed by atoms with E-state index < -0.39 is 17.6 Å².